The Morgan fingerprint density at radius 1 is 0.785 bits per heavy atom. The van der Waals surface area contributed by atoms with E-state index < -0.39 is 51.0 Å². The molecule has 65 heavy (non-hydrogen) atoms. The molecule has 1 N–H and O–H groups in total. The lowest BCUT2D eigenvalue weighted by Gasteiger charge is -2.29. The van der Waals surface area contributed by atoms with E-state index in [1.807, 2.05) is 37.5 Å². The molecule has 0 spiro atoms. The maximum Gasteiger partial charge on any atom is 0.260 e. The summed E-state index contributed by atoms with van der Waals surface area (Å²) in [4.78, 5) is 26.1. The maximum absolute atomic E-state index is 10.5. The Bertz CT molecular complexity index is 2430. The van der Waals surface area contributed by atoms with Gasteiger partial charge in [0.2, 0.25) is 0 Å². The molecule has 1 aromatic carbocycles. The van der Waals surface area contributed by atoms with E-state index in [4.69, 9.17) is 48.0 Å². The van der Waals surface area contributed by atoms with Crippen LogP contribution in [0.1, 0.15) is 88.7 Å². The molecule has 9 rings (SSSR count). The van der Waals surface area contributed by atoms with Gasteiger partial charge in [0.1, 0.15) is 67.3 Å². The lowest BCUT2D eigenvalue weighted by atomic mass is 9.87. The summed E-state index contributed by atoms with van der Waals surface area (Å²) in [6.45, 7) is 11.4. The maximum atomic E-state index is 10.5. The molecule has 4 aliphatic rings. The first-order valence-electron chi connectivity index (χ1n) is 22.1. The van der Waals surface area contributed by atoms with E-state index in [1.54, 1.807) is 17.2 Å². The Kier molecular flexibility index (Phi) is 15.4. The number of rotatable bonds is 17. The SMILES string of the molecule is CC[C@H]1O[C@@H](n2cnc3c(C)ncnc32)[C@@H](OCOCCC#N)C1O.CC[C@H]1O[C@@H](n2cnc3c(C)ncnc32)[C@@H](OCOCCC#N)C1O[P@@]1O[C@](C)(c2ccccc2)[C@@H]2CCCN21. The molecule has 8 heterocycles. The zero-order valence-corrected chi connectivity index (χ0v) is 38.1. The van der Waals surface area contributed by atoms with Gasteiger partial charge in [0.25, 0.3) is 8.53 Å². The molecule has 4 saturated heterocycles. The molecule has 0 amide bonds. The summed E-state index contributed by atoms with van der Waals surface area (Å²) in [5, 5.41) is 27.9. The number of hydrogen-bond acceptors (Lipinski definition) is 18. The van der Waals surface area contributed by atoms with Gasteiger partial charge in [-0.2, -0.15) is 10.5 Å². The molecule has 4 aromatic heterocycles. The Hall–Kier alpha value is -4.67. The third-order valence-electron chi connectivity index (χ3n) is 12.3. The smallest absolute Gasteiger partial charge is 0.260 e. The first-order chi connectivity index (χ1) is 31.7. The quantitative estimate of drug-likeness (QED) is 0.0658. The van der Waals surface area contributed by atoms with Gasteiger partial charge in [0.05, 0.1) is 80.5 Å². The average Bonchev–Trinajstić information content (AvgIpc) is 4.19. The van der Waals surface area contributed by atoms with Crippen LogP contribution in [0.3, 0.4) is 0 Å². The molecule has 11 atom stereocenters. The van der Waals surface area contributed by atoms with Crippen LogP contribution in [0.25, 0.3) is 22.3 Å². The second kappa shape index (κ2) is 21.3. The number of fused-ring (bicyclic) bond motifs is 3. The standard InChI is InChI=1S/C28H35N6O5P.C16H21N5O4/c1-4-21-24(38-40-34-14-8-12-22(34)28(3,39-40)20-10-6-5-7-11-20)25(36-18-35-15-9-13-29)27(37-21)33-17-32-23-19(2)30-16-31-26(23)33;1-3-11-13(22)14(24-9-23-6-4-5-17)16(25-11)21-8-20-12-10(2)18-7-19-15(12)21/h5-7,10-11,16-17,21-22,24-25,27H,4,8-9,12,14-15,18H2,1-3H3;7-8,11,13-14,16,22H,3-4,6,9H2,1-2H3/t21-,22+,24?,25+,27-,28-,40+;11-,13?,14+,16-/m11/s1. The molecule has 2 unspecified atom stereocenters. The minimum absolute atomic E-state index is 0.00992. The number of aromatic nitrogens is 8. The van der Waals surface area contributed by atoms with Gasteiger partial charge in [0, 0.05) is 6.54 Å². The van der Waals surface area contributed by atoms with Crippen molar-refractivity contribution in [1.82, 2.24) is 43.7 Å². The number of hydrogen-bond donors (Lipinski definition) is 1. The minimum Gasteiger partial charge on any atom is -0.388 e. The summed E-state index contributed by atoms with van der Waals surface area (Å²) >= 11 is 0. The fraction of sp³-hybridized carbons (Fsp3) is 0.591. The summed E-state index contributed by atoms with van der Waals surface area (Å²) in [6, 6.07) is 14.8. The topological polar surface area (TPSA) is 232 Å². The van der Waals surface area contributed by atoms with Crippen molar-refractivity contribution in [3.05, 3.63) is 72.6 Å². The molecule has 0 bridgehead atoms. The molecule has 4 fully saturated rings. The van der Waals surface area contributed by atoms with Crippen LogP contribution < -0.4 is 0 Å². The highest BCUT2D eigenvalue weighted by atomic mass is 31.2. The van der Waals surface area contributed by atoms with Crippen LogP contribution in [-0.2, 0) is 43.1 Å². The van der Waals surface area contributed by atoms with Crippen LogP contribution in [0.15, 0.2) is 55.6 Å². The van der Waals surface area contributed by atoms with E-state index in [2.05, 4.69) is 78.8 Å². The van der Waals surface area contributed by atoms with Crippen LogP contribution in [-0.4, -0.2) is 125 Å². The van der Waals surface area contributed by atoms with Crippen molar-refractivity contribution < 1.29 is 42.6 Å². The predicted octanol–water partition coefficient (Wildman–Crippen LogP) is 5.81. The van der Waals surface area contributed by atoms with E-state index in [1.165, 1.54) is 12.7 Å². The number of benzene rings is 1. The zero-order valence-electron chi connectivity index (χ0n) is 37.3. The van der Waals surface area contributed by atoms with Gasteiger partial charge >= 0.3 is 0 Å². The second-order valence-electron chi connectivity index (χ2n) is 16.3. The molecule has 0 radical (unpaired) electrons. The van der Waals surface area contributed by atoms with Crippen LogP contribution in [0.5, 0.6) is 0 Å². The molecule has 0 aliphatic carbocycles. The zero-order chi connectivity index (χ0) is 45.5. The van der Waals surface area contributed by atoms with Crippen molar-refractivity contribution in [3.8, 4) is 12.1 Å². The third-order valence-corrected chi connectivity index (χ3v) is 14.2. The van der Waals surface area contributed by atoms with Crippen molar-refractivity contribution in [1.29, 1.82) is 10.5 Å². The summed E-state index contributed by atoms with van der Waals surface area (Å²) < 4.78 is 55.3. The highest BCUT2D eigenvalue weighted by Gasteiger charge is 2.58. The molecular formula is C44H56N11O9P. The van der Waals surface area contributed by atoms with Gasteiger partial charge in [-0.15, -0.1) is 0 Å². The largest absolute Gasteiger partial charge is 0.388 e. The van der Waals surface area contributed by atoms with Crippen molar-refractivity contribution >= 4 is 30.9 Å². The van der Waals surface area contributed by atoms with Gasteiger partial charge in [-0.1, -0.05) is 44.2 Å². The predicted molar refractivity (Wildman–Crippen MR) is 233 cm³/mol. The Balaban J connectivity index is 0.000000198. The van der Waals surface area contributed by atoms with Crippen molar-refractivity contribution in [2.75, 3.05) is 33.3 Å². The summed E-state index contributed by atoms with van der Waals surface area (Å²) in [5.41, 5.74) is 4.96. The minimum atomic E-state index is -1.37. The van der Waals surface area contributed by atoms with E-state index in [9.17, 15) is 5.11 Å². The van der Waals surface area contributed by atoms with Crippen LogP contribution >= 0.6 is 8.53 Å². The van der Waals surface area contributed by atoms with Gasteiger partial charge in [0.15, 0.2) is 23.8 Å². The Morgan fingerprint density at radius 2 is 1.35 bits per heavy atom. The fourth-order valence-electron chi connectivity index (χ4n) is 8.92. The summed E-state index contributed by atoms with van der Waals surface area (Å²) in [5.74, 6) is 0. The first-order valence-corrected chi connectivity index (χ1v) is 23.2. The second-order valence-corrected chi connectivity index (χ2v) is 17.7. The van der Waals surface area contributed by atoms with Gasteiger partial charge in [-0.25, -0.2) is 34.6 Å². The number of ether oxygens (including phenoxy) is 6. The Morgan fingerprint density at radius 3 is 1.94 bits per heavy atom. The van der Waals surface area contributed by atoms with Crippen LogP contribution in [0.4, 0.5) is 0 Å². The number of aryl methyl sites for hydroxylation is 2. The van der Waals surface area contributed by atoms with E-state index in [0.29, 0.717) is 36.3 Å². The monoisotopic (exact) mass is 913 g/mol. The lowest BCUT2D eigenvalue weighted by molar-refractivity contribution is -0.137. The highest BCUT2D eigenvalue weighted by molar-refractivity contribution is 7.45. The normalized spacial score (nSPS) is 29.8. The van der Waals surface area contributed by atoms with Crippen LogP contribution in [0.2, 0.25) is 0 Å². The summed E-state index contributed by atoms with van der Waals surface area (Å²) in [6.07, 6.45) is 6.39. The average molecular weight is 914 g/mol. The van der Waals surface area contributed by atoms with E-state index >= 15 is 0 Å². The summed E-state index contributed by atoms with van der Waals surface area (Å²) in [7, 11) is -1.37. The first kappa shape index (κ1) is 46.8. The van der Waals surface area contributed by atoms with Gasteiger partial charge in [-0.3, -0.25) is 9.13 Å². The van der Waals surface area contributed by atoms with Crippen LogP contribution in [0, 0.1) is 36.5 Å². The number of nitriles is 2. The van der Waals surface area contributed by atoms with Gasteiger partial charge in [-0.05, 0) is 52.0 Å². The van der Waals surface area contributed by atoms with Crippen molar-refractivity contribution in [2.24, 2.45) is 0 Å². The number of aliphatic hydroxyl groups excluding tert-OH is 1. The van der Waals surface area contributed by atoms with Crippen molar-refractivity contribution in [3.63, 3.8) is 0 Å². The molecular weight excluding hydrogens is 858 g/mol. The van der Waals surface area contributed by atoms with E-state index in [-0.39, 0.29) is 44.9 Å². The van der Waals surface area contributed by atoms with Crippen molar-refractivity contribution in [2.45, 2.75) is 134 Å². The molecule has 20 nitrogen and oxygen atoms in total. The molecule has 21 heteroatoms. The Labute approximate surface area is 378 Å². The number of aliphatic hydroxyl groups is 1. The highest BCUT2D eigenvalue weighted by Crippen LogP contribution is 2.64. The molecule has 5 aromatic rings. The lowest BCUT2D eigenvalue weighted by Crippen LogP contribution is -2.37. The van der Waals surface area contributed by atoms with E-state index in [0.717, 1.165) is 48.3 Å². The number of imidazole rings is 2. The third kappa shape index (κ3) is 9.63. The molecule has 346 valence electrons. The van der Waals surface area contributed by atoms with Gasteiger partial charge < -0.3 is 42.6 Å². The molecule has 0 saturated carbocycles. The number of nitrogens with zero attached hydrogens (tertiary/aromatic N) is 11. The fourth-order valence-corrected chi connectivity index (χ4v) is 11.1. The molecule has 4 aliphatic heterocycles.